The Bertz CT molecular complexity index is 3090. The lowest BCUT2D eigenvalue weighted by molar-refractivity contribution is 0.660. The smallest absolute Gasteiger partial charge is 0.0736 e. The molecule has 2 aliphatic carbocycles. The van der Waals surface area contributed by atoms with Gasteiger partial charge in [0.15, 0.2) is 0 Å². The number of anilines is 3. The van der Waals surface area contributed by atoms with Crippen LogP contribution in [-0.4, -0.2) is 0 Å². The summed E-state index contributed by atoms with van der Waals surface area (Å²) in [7, 11) is 0. The minimum absolute atomic E-state index is 0.132. The minimum atomic E-state index is -0.505. The summed E-state index contributed by atoms with van der Waals surface area (Å²) in [5, 5.41) is 2.54. The highest BCUT2D eigenvalue weighted by Gasteiger charge is 2.50. The molecular weight excluding hydrogens is 719 g/mol. The maximum Gasteiger partial charge on any atom is 0.0736 e. The van der Waals surface area contributed by atoms with E-state index in [0.29, 0.717) is 0 Å². The second-order valence-corrected chi connectivity index (χ2v) is 17.5. The maximum absolute atomic E-state index is 2.52. The van der Waals surface area contributed by atoms with Crippen molar-refractivity contribution < 1.29 is 0 Å². The van der Waals surface area contributed by atoms with Crippen LogP contribution in [0.3, 0.4) is 0 Å². The molecule has 0 radical (unpaired) electrons. The molecule has 0 saturated heterocycles. The Morgan fingerprint density at radius 2 is 0.862 bits per heavy atom. The molecule has 2 heteroatoms. The molecule has 1 aliphatic heterocycles. The van der Waals surface area contributed by atoms with E-state index in [0.717, 1.165) is 17.1 Å². The van der Waals surface area contributed by atoms with Crippen molar-refractivity contribution in [2.45, 2.75) is 34.5 Å². The summed E-state index contributed by atoms with van der Waals surface area (Å²) in [6, 6.07) is 75.1. The molecule has 0 amide bonds. The molecule has 0 atom stereocenters. The minimum Gasteiger partial charge on any atom is -0.310 e. The van der Waals surface area contributed by atoms with Crippen LogP contribution in [0.4, 0.5) is 17.1 Å². The van der Waals surface area contributed by atoms with E-state index in [1.807, 2.05) is 11.8 Å². The molecule has 0 N–H and O–H groups in total. The van der Waals surface area contributed by atoms with Gasteiger partial charge in [0, 0.05) is 32.1 Å². The second kappa shape index (κ2) is 12.4. The Kier molecular flexibility index (Phi) is 7.19. The van der Waals surface area contributed by atoms with Crippen LogP contribution in [-0.2, 0) is 10.8 Å². The molecule has 9 aromatic rings. The zero-order chi connectivity index (χ0) is 38.6. The number of para-hydroxylation sites is 1. The molecule has 0 aromatic heterocycles. The lowest BCUT2D eigenvalue weighted by atomic mass is 9.67. The van der Waals surface area contributed by atoms with Crippen LogP contribution in [0.25, 0.3) is 44.2 Å². The molecule has 0 saturated carbocycles. The van der Waals surface area contributed by atoms with Gasteiger partial charge >= 0.3 is 0 Å². The first kappa shape index (κ1) is 33.5. The van der Waals surface area contributed by atoms with Crippen molar-refractivity contribution >= 4 is 39.6 Å². The largest absolute Gasteiger partial charge is 0.310 e. The third-order valence-corrected chi connectivity index (χ3v) is 14.2. The molecule has 3 aliphatic rings. The van der Waals surface area contributed by atoms with Crippen LogP contribution in [0.15, 0.2) is 210 Å². The van der Waals surface area contributed by atoms with E-state index < -0.39 is 5.41 Å². The van der Waals surface area contributed by atoms with Gasteiger partial charge in [-0.25, -0.2) is 0 Å². The van der Waals surface area contributed by atoms with Gasteiger partial charge < -0.3 is 4.90 Å². The molecule has 0 fully saturated rings. The molecule has 1 spiro atoms. The first-order valence-corrected chi connectivity index (χ1v) is 21.1. The monoisotopic (exact) mass is 757 g/mol. The Balaban J connectivity index is 1.15. The zero-order valence-corrected chi connectivity index (χ0v) is 33.2. The van der Waals surface area contributed by atoms with Crippen LogP contribution in [0, 0.1) is 0 Å². The number of fused-ring (bicyclic) bond motifs is 13. The molecule has 12 rings (SSSR count). The highest BCUT2D eigenvalue weighted by Crippen LogP contribution is 2.63. The Morgan fingerprint density at radius 1 is 0.362 bits per heavy atom. The fourth-order valence-corrected chi connectivity index (χ4v) is 11.7. The predicted molar refractivity (Wildman–Crippen MR) is 243 cm³/mol. The quantitative estimate of drug-likeness (QED) is 0.176. The van der Waals surface area contributed by atoms with Crippen molar-refractivity contribution in [1.29, 1.82) is 0 Å². The van der Waals surface area contributed by atoms with Gasteiger partial charge in [0.1, 0.15) is 0 Å². The third-order valence-electron chi connectivity index (χ3n) is 13.1. The van der Waals surface area contributed by atoms with E-state index >= 15 is 0 Å². The molecular formula is C56H39NS. The van der Waals surface area contributed by atoms with Gasteiger partial charge in [0.2, 0.25) is 0 Å². The highest BCUT2D eigenvalue weighted by atomic mass is 32.2. The van der Waals surface area contributed by atoms with Crippen molar-refractivity contribution in [3.05, 3.63) is 234 Å². The SMILES string of the molecule is CC1(C)c2ccccc2-c2ccc(N(c3ccc4c(c3)C3(c5cc6ccccc6cc5S4)c4ccccc4-c4ccccc43)c3ccccc3-c3ccccc3)cc21. The van der Waals surface area contributed by atoms with Crippen LogP contribution >= 0.6 is 11.8 Å². The van der Waals surface area contributed by atoms with E-state index in [9.17, 15) is 0 Å². The van der Waals surface area contributed by atoms with Gasteiger partial charge in [-0.15, -0.1) is 0 Å². The molecule has 58 heavy (non-hydrogen) atoms. The first-order valence-electron chi connectivity index (χ1n) is 20.3. The summed E-state index contributed by atoms with van der Waals surface area (Å²) < 4.78 is 0. The molecule has 1 heterocycles. The van der Waals surface area contributed by atoms with E-state index in [1.165, 1.54) is 87.3 Å². The molecule has 0 bridgehead atoms. The number of nitrogens with zero attached hydrogens (tertiary/aromatic N) is 1. The standard InChI is InChI=1S/C56H39NS/c1-55(2)46-24-12-8-21-42(46)45-30-28-39(34-49(45)55)57(52-27-15-11-20-41(52)36-16-4-3-5-17-36)40-29-31-53-51(35-40)56(50-32-37-18-6-7-19-38(37)33-54(50)58-53)47-25-13-9-22-43(47)44-23-10-14-26-48(44)56/h3-35H,1-2H3. The Hall–Kier alpha value is -6.61. The summed E-state index contributed by atoms with van der Waals surface area (Å²) in [6.07, 6.45) is 0. The highest BCUT2D eigenvalue weighted by molar-refractivity contribution is 7.99. The summed E-state index contributed by atoms with van der Waals surface area (Å²) in [5.41, 5.74) is 18.6. The summed E-state index contributed by atoms with van der Waals surface area (Å²) in [4.78, 5) is 5.13. The van der Waals surface area contributed by atoms with Crippen LogP contribution in [0.2, 0.25) is 0 Å². The van der Waals surface area contributed by atoms with Gasteiger partial charge in [-0.3, -0.25) is 0 Å². The number of hydrogen-bond acceptors (Lipinski definition) is 2. The Labute approximate surface area is 344 Å². The van der Waals surface area contributed by atoms with Crippen molar-refractivity contribution in [1.82, 2.24) is 0 Å². The van der Waals surface area contributed by atoms with Crippen molar-refractivity contribution in [2.24, 2.45) is 0 Å². The van der Waals surface area contributed by atoms with Gasteiger partial charge in [-0.1, -0.05) is 177 Å². The molecule has 9 aromatic carbocycles. The lowest BCUT2D eigenvalue weighted by Gasteiger charge is -2.41. The van der Waals surface area contributed by atoms with E-state index in [-0.39, 0.29) is 5.41 Å². The Morgan fingerprint density at radius 3 is 1.57 bits per heavy atom. The summed E-state index contributed by atoms with van der Waals surface area (Å²) >= 11 is 1.91. The van der Waals surface area contributed by atoms with Crippen molar-refractivity contribution in [3.8, 4) is 33.4 Å². The van der Waals surface area contributed by atoms with Gasteiger partial charge in [-0.05, 0) is 121 Å². The molecule has 0 unspecified atom stereocenters. The normalized spacial score (nSPS) is 14.6. The second-order valence-electron chi connectivity index (χ2n) is 16.4. The van der Waals surface area contributed by atoms with Crippen LogP contribution in [0.1, 0.15) is 47.2 Å². The summed E-state index contributed by atoms with van der Waals surface area (Å²) in [6.45, 7) is 4.75. The van der Waals surface area contributed by atoms with Crippen molar-refractivity contribution in [3.63, 3.8) is 0 Å². The van der Waals surface area contributed by atoms with E-state index in [2.05, 4.69) is 219 Å². The average molecular weight is 758 g/mol. The van der Waals surface area contributed by atoms with Gasteiger partial charge in [0.05, 0.1) is 11.1 Å². The number of hydrogen-bond donors (Lipinski definition) is 0. The van der Waals surface area contributed by atoms with Crippen LogP contribution < -0.4 is 4.90 Å². The molecule has 274 valence electrons. The predicted octanol–water partition coefficient (Wildman–Crippen LogP) is 15.1. The number of benzene rings is 9. The van der Waals surface area contributed by atoms with Gasteiger partial charge in [0.25, 0.3) is 0 Å². The topological polar surface area (TPSA) is 3.24 Å². The fourth-order valence-electron chi connectivity index (χ4n) is 10.5. The van der Waals surface area contributed by atoms with Crippen LogP contribution in [0.5, 0.6) is 0 Å². The third kappa shape index (κ3) is 4.61. The average Bonchev–Trinajstić information content (AvgIpc) is 3.69. The zero-order valence-electron chi connectivity index (χ0n) is 32.4. The lowest BCUT2D eigenvalue weighted by Crippen LogP contribution is -2.32. The van der Waals surface area contributed by atoms with Gasteiger partial charge in [-0.2, -0.15) is 0 Å². The maximum atomic E-state index is 2.52. The van der Waals surface area contributed by atoms with E-state index in [1.54, 1.807) is 0 Å². The van der Waals surface area contributed by atoms with Crippen molar-refractivity contribution in [2.75, 3.05) is 4.90 Å². The number of rotatable bonds is 4. The fraction of sp³-hybridized carbons (Fsp3) is 0.0714. The first-order chi connectivity index (χ1) is 28.5. The van der Waals surface area contributed by atoms with E-state index in [4.69, 9.17) is 0 Å². The molecule has 1 nitrogen and oxygen atoms in total. The summed E-state index contributed by atoms with van der Waals surface area (Å²) in [5.74, 6) is 0.